The van der Waals surface area contributed by atoms with Gasteiger partial charge in [-0.3, -0.25) is 0 Å². The molecule has 0 aliphatic heterocycles. The van der Waals surface area contributed by atoms with E-state index in [4.69, 9.17) is 5.11 Å². The Hall–Kier alpha value is -1.52. The molecule has 1 amide bonds. The quantitative estimate of drug-likeness (QED) is 0.637. The lowest BCUT2D eigenvalue weighted by atomic mass is 10.3. The van der Waals surface area contributed by atoms with Crippen molar-refractivity contribution in [2.24, 2.45) is 5.73 Å². The van der Waals surface area contributed by atoms with Gasteiger partial charge in [0, 0.05) is 5.57 Å². The maximum atomic E-state index is 9.86. The van der Waals surface area contributed by atoms with Gasteiger partial charge in [-0.1, -0.05) is 6.08 Å². The second-order valence-corrected chi connectivity index (χ2v) is 2.03. The number of allylic oxidation sites excluding steroid dienone is 1. The summed E-state index contributed by atoms with van der Waals surface area (Å²) in [5.74, 6) is -0.845. The van der Waals surface area contributed by atoms with Crippen LogP contribution in [0.25, 0.3) is 0 Å². The Labute approximate surface area is 77.2 Å². The molecule has 0 fully saturated rings. The van der Waals surface area contributed by atoms with E-state index in [1.54, 1.807) is 26.8 Å². The number of carboxylic acid groups (broad SMARTS) is 1. The van der Waals surface area contributed by atoms with Crippen molar-refractivity contribution >= 4 is 12.1 Å². The van der Waals surface area contributed by atoms with Gasteiger partial charge in [-0.2, -0.15) is 0 Å². The molecule has 0 bridgehead atoms. The van der Waals surface area contributed by atoms with Crippen molar-refractivity contribution in [3.8, 4) is 0 Å². The van der Waals surface area contributed by atoms with Crippen LogP contribution >= 0.6 is 0 Å². The number of rotatable bonds is 2. The van der Waals surface area contributed by atoms with Gasteiger partial charge in [-0.05, 0) is 20.8 Å². The van der Waals surface area contributed by atoms with Gasteiger partial charge in [0.2, 0.25) is 0 Å². The smallest absolute Gasteiger partial charge is 0.404 e. The molecule has 3 N–H and O–H groups in total. The van der Waals surface area contributed by atoms with Gasteiger partial charge in [-0.15, -0.1) is 0 Å². The second-order valence-electron chi connectivity index (χ2n) is 2.03. The third kappa shape index (κ3) is 13.5. The zero-order valence-electron chi connectivity index (χ0n) is 8.03. The van der Waals surface area contributed by atoms with Crippen molar-refractivity contribution in [1.82, 2.24) is 0 Å². The second kappa shape index (κ2) is 8.58. The van der Waals surface area contributed by atoms with Crippen LogP contribution in [-0.2, 0) is 9.53 Å². The molecule has 0 heterocycles. The summed E-state index contributed by atoms with van der Waals surface area (Å²) in [5.41, 5.74) is 4.93. The Morgan fingerprint density at radius 3 is 2.00 bits per heavy atom. The highest BCUT2D eigenvalue weighted by molar-refractivity contribution is 5.85. The summed E-state index contributed by atoms with van der Waals surface area (Å²) in [5, 5.41) is 8.11. The number of primary amides is 1. The fourth-order valence-electron chi connectivity index (χ4n) is 0.266. The number of amides is 1. The van der Waals surface area contributed by atoms with E-state index in [2.05, 4.69) is 10.5 Å². The minimum absolute atomic E-state index is 0.356. The van der Waals surface area contributed by atoms with Crippen molar-refractivity contribution in [3.05, 3.63) is 11.6 Å². The average Bonchev–Trinajstić information content (AvgIpc) is 2.03. The van der Waals surface area contributed by atoms with Gasteiger partial charge in [0.25, 0.3) is 0 Å². The lowest BCUT2D eigenvalue weighted by Crippen LogP contribution is -2.11. The highest BCUT2D eigenvalue weighted by Gasteiger charge is 1.93. The van der Waals surface area contributed by atoms with E-state index in [0.717, 1.165) is 0 Å². The first-order valence-corrected chi connectivity index (χ1v) is 3.74. The SMILES string of the molecule is CC=C(C)C(=O)O.CCOC(N)=O. The van der Waals surface area contributed by atoms with Gasteiger partial charge in [0.15, 0.2) is 0 Å². The molecule has 0 spiro atoms. The van der Waals surface area contributed by atoms with Crippen LogP contribution in [0, 0.1) is 0 Å². The molecule has 0 saturated carbocycles. The van der Waals surface area contributed by atoms with Gasteiger partial charge < -0.3 is 15.6 Å². The van der Waals surface area contributed by atoms with Crippen molar-refractivity contribution in [1.29, 1.82) is 0 Å². The monoisotopic (exact) mass is 189 g/mol. The van der Waals surface area contributed by atoms with E-state index in [1.807, 2.05) is 0 Å². The maximum absolute atomic E-state index is 9.86. The number of aliphatic carboxylic acids is 1. The predicted octanol–water partition coefficient (Wildman–Crippen LogP) is 1.14. The van der Waals surface area contributed by atoms with Crippen LogP contribution in [0.1, 0.15) is 20.8 Å². The number of hydrogen-bond acceptors (Lipinski definition) is 3. The van der Waals surface area contributed by atoms with Crippen molar-refractivity contribution in [2.45, 2.75) is 20.8 Å². The molecular formula is C8H15NO4. The summed E-state index contributed by atoms with van der Waals surface area (Å²) >= 11 is 0. The molecule has 0 aromatic carbocycles. The zero-order chi connectivity index (χ0) is 10.9. The van der Waals surface area contributed by atoms with E-state index < -0.39 is 12.1 Å². The van der Waals surface area contributed by atoms with Crippen molar-refractivity contribution < 1.29 is 19.4 Å². The standard InChI is InChI=1S/C5H8O2.C3H7NO2/c1-3-4(2)5(6)7;1-2-6-3(4)5/h3H,1-2H3,(H,6,7);2H2,1H3,(H2,4,5). The maximum Gasteiger partial charge on any atom is 0.404 e. The molecule has 0 saturated heterocycles. The highest BCUT2D eigenvalue weighted by Crippen LogP contribution is 1.87. The van der Waals surface area contributed by atoms with Gasteiger partial charge >= 0.3 is 12.1 Å². The Bertz CT molecular complexity index is 198. The fourth-order valence-corrected chi connectivity index (χ4v) is 0.266. The normalized spacial score (nSPS) is 9.62. The number of hydrogen-bond donors (Lipinski definition) is 2. The van der Waals surface area contributed by atoms with Crippen LogP contribution in [0.4, 0.5) is 4.79 Å². The van der Waals surface area contributed by atoms with E-state index in [-0.39, 0.29) is 0 Å². The summed E-state index contributed by atoms with van der Waals surface area (Å²) in [6.07, 6.45) is 0.847. The molecule has 0 radical (unpaired) electrons. The van der Waals surface area contributed by atoms with Gasteiger partial charge in [0.05, 0.1) is 6.61 Å². The predicted molar refractivity (Wildman–Crippen MR) is 48.3 cm³/mol. The molecule has 0 rings (SSSR count). The summed E-state index contributed by atoms with van der Waals surface area (Å²) in [6, 6.07) is 0. The van der Waals surface area contributed by atoms with Gasteiger partial charge in [0.1, 0.15) is 0 Å². The Balaban J connectivity index is 0. The summed E-state index contributed by atoms with van der Waals surface area (Å²) in [6.45, 7) is 5.31. The van der Waals surface area contributed by atoms with E-state index in [1.165, 1.54) is 0 Å². The molecular weight excluding hydrogens is 174 g/mol. The first-order valence-electron chi connectivity index (χ1n) is 3.74. The Kier molecular flexibility index (Phi) is 9.25. The highest BCUT2D eigenvalue weighted by atomic mass is 16.5. The molecule has 76 valence electrons. The van der Waals surface area contributed by atoms with Crippen molar-refractivity contribution in [2.75, 3.05) is 6.61 Å². The molecule has 13 heavy (non-hydrogen) atoms. The van der Waals surface area contributed by atoms with Crippen LogP contribution in [0.5, 0.6) is 0 Å². The third-order valence-electron chi connectivity index (χ3n) is 1.06. The number of carbonyl (C=O) groups excluding carboxylic acids is 1. The third-order valence-corrected chi connectivity index (χ3v) is 1.06. The van der Waals surface area contributed by atoms with Crippen LogP contribution in [-0.4, -0.2) is 23.8 Å². The minimum atomic E-state index is -0.845. The van der Waals surface area contributed by atoms with E-state index >= 15 is 0 Å². The largest absolute Gasteiger partial charge is 0.478 e. The van der Waals surface area contributed by atoms with E-state index in [9.17, 15) is 9.59 Å². The Morgan fingerprint density at radius 2 is 2.00 bits per heavy atom. The molecule has 0 atom stereocenters. The number of carboxylic acids is 1. The van der Waals surface area contributed by atoms with Crippen LogP contribution in [0.3, 0.4) is 0 Å². The molecule has 0 aliphatic rings. The molecule has 5 heteroatoms. The lowest BCUT2D eigenvalue weighted by Gasteiger charge is -1.89. The first-order chi connectivity index (χ1) is 5.95. The summed E-state index contributed by atoms with van der Waals surface area (Å²) < 4.78 is 4.18. The first kappa shape index (κ1) is 14.0. The van der Waals surface area contributed by atoms with Crippen molar-refractivity contribution in [3.63, 3.8) is 0 Å². The van der Waals surface area contributed by atoms with Gasteiger partial charge in [-0.25, -0.2) is 9.59 Å². The number of ether oxygens (including phenoxy) is 1. The molecule has 0 aliphatic carbocycles. The molecule has 0 aromatic rings. The Morgan fingerprint density at radius 1 is 1.54 bits per heavy atom. The van der Waals surface area contributed by atoms with Crippen LogP contribution in [0.2, 0.25) is 0 Å². The minimum Gasteiger partial charge on any atom is -0.478 e. The topological polar surface area (TPSA) is 89.6 Å². The summed E-state index contributed by atoms with van der Waals surface area (Å²) in [4.78, 5) is 19.5. The van der Waals surface area contributed by atoms with E-state index in [0.29, 0.717) is 12.2 Å². The van der Waals surface area contributed by atoms with Crippen LogP contribution in [0.15, 0.2) is 11.6 Å². The molecule has 0 aromatic heterocycles. The summed E-state index contributed by atoms with van der Waals surface area (Å²) in [7, 11) is 0. The average molecular weight is 189 g/mol. The molecule has 5 nitrogen and oxygen atoms in total. The number of carbonyl (C=O) groups is 2. The molecule has 0 unspecified atom stereocenters. The van der Waals surface area contributed by atoms with Crippen LogP contribution < -0.4 is 5.73 Å². The number of nitrogens with two attached hydrogens (primary N) is 1. The fraction of sp³-hybridized carbons (Fsp3) is 0.500. The zero-order valence-corrected chi connectivity index (χ0v) is 8.03. The lowest BCUT2D eigenvalue weighted by molar-refractivity contribution is -0.132.